The first-order valence-corrected chi connectivity index (χ1v) is 7.89. The maximum atomic E-state index is 12.4. The van der Waals surface area contributed by atoms with Gasteiger partial charge in [-0.05, 0) is 17.7 Å². The summed E-state index contributed by atoms with van der Waals surface area (Å²) in [6, 6.07) is 15.5. The first-order chi connectivity index (χ1) is 11.3. The van der Waals surface area contributed by atoms with E-state index >= 15 is 0 Å². The quantitative estimate of drug-likeness (QED) is 0.881. The van der Waals surface area contributed by atoms with Gasteiger partial charge in [0.2, 0.25) is 5.91 Å². The van der Waals surface area contributed by atoms with Crippen molar-refractivity contribution in [3.8, 4) is 0 Å². The molecule has 0 aliphatic carbocycles. The van der Waals surface area contributed by atoms with Gasteiger partial charge in [0.15, 0.2) is 0 Å². The second-order valence-electron chi connectivity index (χ2n) is 5.60. The number of ether oxygens (including phenoxy) is 1. The number of hydrogen-bond donors (Lipinski definition) is 2. The normalized spacial score (nSPS) is 19.0. The Morgan fingerprint density at radius 1 is 1.26 bits per heavy atom. The predicted octanol–water partition coefficient (Wildman–Crippen LogP) is 1.67. The standard InChI is InChI=1S/C18H21N3O2/c22-17(12-15-13-23-11-10-19-15)21-18(14-6-2-1-3-7-14)16-8-4-5-9-20-16/h1-9,15,18-19H,10-13H2,(H,21,22). The third-order valence-electron chi connectivity index (χ3n) is 3.85. The van der Waals surface area contributed by atoms with Gasteiger partial charge < -0.3 is 15.4 Å². The predicted molar refractivity (Wildman–Crippen MR) is 87.9 cm³/mol. The van der Waals surface area contributed by atoms with Crippen LogP contribution in [0.1, 0.15) is 23.7 Å². The zero-order chi connectivity index (χ0) is 15.9. The highest BCUT2D eigenvalue weighted by Gasteiger charge is 2.21. The largest absolute Gasteiger partial charge is 0.378 e. The van der Waals surface area contributed by atoms with Crippen LogP contribution in [0.4, 0.5) is 0 Å². The molecule has 1 aromatic carbocycles. The minimum Gasteiger partial charge on any atom is -0.378 e. The van der Waals surface area contributed by atoms with Crippen LogP contribution < -0.4 is 10.6 Å². The first kappa shape index (κ1) is 15.6. The summed E-state index contributed by atoms with van der Waals surface area (Å²) in [5.74, 6) is -0.00694. The zero-order valence-electron chi connectivity index (χ0n) is 12.9. The third kappa shape index (κ3) is 4.37. The Kier molecular flexibility index (Phi) is 5.34. The van der Waals surface area contributed by atoms with Crippen LogP contribution in [-0.4, -0.2) is 36.7 Å². The molecule has 5 nitrogen and oxygen atoms in total. The van der Waals surface area contributed by atoms with E-state index in [1.54, 1.807) is 6.20 Å². The van der Waals surface area contributed by atoms with Gasteiger partial charge in [0.25, 0.3) is 0 Å². The number of carbonyl (C=O) groups is 1. The topological polar surface area (TPSA) is 63.2 Å². The summed E-state index contributed by atoms with van der Waals surface area (Å²) >= 11 is 0. The van der Waals surface area contributed by atoms with E-state index in [1.807, 2.05) is 48.5 Å². The van der Waals surface area contributed by atoms with Crippen LogP contribution in [0.2, 0.25) is 0 Å². The van der Waals surface area contributed by atoms with E-state index in [0.29, 0.717) is 19.6 Å². The molecule has 23 heavy (non-hydrogen) atoms. The molecule has 0 bridgehead atoms. The van der Waals surface area contributed by atoms with Crippen molar-refractivity contribution in [2.24, 2.45) is 0 Å². The Morgan fingerprint density at radius 3 is 2.78 bits per heavy atom. The number of pyridine rings is 1. The summed E-state index contributed by atoms with van der Waals surface area (Å²) in [7, 11) is 0. The number of rotatable bonds is 5. The van der Waals surface area contributed by atoms with Crippen LogP contribution in [0, 0.1) is 0 Å². The van der Waals surface area contributed by atoms with E-state index in [9.17, 15) is 4.79 Å². The van der Waals surface area contributed by atoms with Gasteiger partial charge in [-0.3, -0.25) is 9.78 Å². The first-order valence-electron chi connectivity index (χ1n) is 7.89. The third-order valence-corrected chi connectivity index (χ3v) is 3.85. The summed E-state index contributed by atoms with van der Waals surface area (Å²) in [6.07, 6.45) is 2.14. The molecule has 1 fully saturated rings. The van der Waals surface area contributed by atoms with Crippen molar-refractivity contribution in [1.29, 1.82) is 0 Å². The van der Waals surface area contributed by atoms with E-state index < -0.39 is 0 Å². The van der Waals surface area contributed by atoms with Gasteiger partial charge in [0.1, 0.15) is 0 Å². The van der Waals surface area contributed by atoms with Gasteiger partial charge >= 0.3 is 0 Å². The number of carbonyl (C=O) groups excluding carboxylic acids is 1. The molecular formula is C18H21N3O2. The molecule has 1 aliphatic heterocycles. The monoisotopic (exact) mass is 311 g/mol. The molecule has 2 atom stereocenters. The average Bonchev–Trinajstić information content (AvgIpc) is 2.62. The smallest absolute Gasteiger partial charge is 0.222 e. The van der Waals surface area contributed by atoms with Crippen LogP contribution >= 0.6 is 0 Å². The van der Waals surface area contributed by atoms with Crippen LogP contribution in [-0.2, 0) is 9.53 Å². The number of amides is 1. The molecule has 120 valence electrons. The number of aromatic nitrogens is 1. The van der Waals surface area contributed by atoms with Gasteiger partial charge in [0.05, 0.1) is 24.9 Å². The lowest BCUT2D eigenvalue weighted by atomic mass is 10.0. The molecule has 1 saturated heterocycles. The van der Waals surface area contributed by atoms with Crippen LogP contribution in [0.5, 0.6) is 0 Å². The molecule has 0 saturated carbocycles. The minimum atomic E-state index is -0.241. The number of hydrogen-bond acceptors (Lipinski definition) is 4. The molecule has 1 aromatic heterocycles. The SMILES string of the molecule is O=C(CC1COCCN1)NC(c1ccccc1)c1ccccn1. The number of benzene rings is 1. The molecule has 1 aliphatic rings. The fourth-order valence-electron chi connectivity index (χ4n) is 2.71. The molecular weight excluding hydrogens is 290 g/mol. The second-order valence-corrected chi connectivity index (χ2v) is 5.60. The van der Waals surface area contributed by atoms with Gasteiger partial charge in [-0.2, -0.15) is 0 Å². The Balaban J connectivity index is 1.72. The number of morpholine rings is 1. The van der Waals surface area contributed by atoms with Crippen molar-refractivity contribution >= 4 is 5.91 Å². The van der Waals surface area contributed by atoms with Crippen molar-refractivity contribution in [2.45, 2.75) is 18.5 Å². The molecule has 1 amide bonds. The van der Waals surface area contributed by atoms with Gasteiger partial charge in [-0.25, -0.2) is 0 Å². The van der Waals surface area contributed by atoms with Gasteiger partial charge in [-0.1, -0.05) is 36.4 Å². The maximum Gasteiger partial charge on any atom is 0.222 e. The fourth-order valence-corrected chi connectivity index (χ4v) is 2.71. The lowest BCUT2D eigenvalue weighted by Gasteiger charge is -2.25. The molecule has 2 unspecified atom stereocenters. The Labute approximate surface area is 136 Å². The van der Waals surface area contributed by atoms with E-state index in [0.717, 1.165) is 17.8 Å². The Morgan fingerprint density at radius 2 is 2.09 bits per heavy atom. The lowest BCUT2D eigenvalue weighted by Crippen LogP contribution is -2.44. The Bertz CT molecular complexity index is 573. The highest BCUT2D eigenvalue weighted by Crippen LogP contribution is 2.20. The maximum absolute atomic E-state index is 12.4. The number of nitrogens with one attached hydrogen (secondary N) is 2. The van der Waals surface area contributed by atoms with Crippen molar-refractivity contribution in [3.05, 3.63) is 66.0 Å². The fraction of sp³-hybridized carbons (Fsp3) is 0.333. The molecule has 2 aromatic rings. The molecule has 2 N–H and O–H groups in total. The molecule has 0 spiro atoms. The zero-order valence-corrected chi connectivity index (χ0v) is 12.9. The molecule has 2 heterocycles. The molecule has 3 rings (SSSR count). The van der Waals surface area contributed by atoms with Crippen molar-refractivity contribution in [2.75, 3.05) is 19.8 Å². The van der Waals surface area contributed by atoms with Crippen LogP contribution in [0.15, 0.2) is 54.7 Å². The number of nitrogens with zero attached hydrogens (tertiary/aromatic N) is 1. The summed E-state index contributed by atoms with van der Waals surface area (Å²) < 4.78 is 5.40. The summed E-state index contributed by atoms with van der Waals surface area (Å²) in [5, 5.41) is 6.40. The van der Waals surface area contributed by atoms with Crippen molar-refractivity contribution < 1.29 is 9.53 Å². The average molecular weight is 311 g/mol. The van der Waals surface area contributed by atoms with Gasteiger partial charge in [-0.15, -0.1) is 0 Å². The second kappa shape index (κ2) is 7.85. The van der Waals surface area contributed by atoms with Crippen molar-refractivity contribution in [3.63, 3.8) is 0 Å². The van der Waals surface area contributed by atoms with E-state index in [2.05, 4.69) is 15.6 Å². The van der Waals surface area contributed by atoms with E-state index in [4.69, 9.17) is 4.74 Å². The molecule has 0 radical (unpaired) electrons. The Hall–Kier alpha value is -2.24. The van der Waals surface area contributed by atoms with Gasteiger partial charge in [0, 0.05) is 25.2 Å². The lowest BCUT2D eigenvalue weighted by molar-refractivity contribution is -0.122. The highest BCUT2D eigenvalue weighted by atomic mass is 16.5. The van der Waals surface area contributed by atoms with E-state index in [-0.39, 0.29) is 18.0 Å². The minimum absolute atomic E-state index is 0.00694. The molecule has 5 heteroatoms. The van der Waals surface area contributed by atoms with Crippen molar-refractivity contribution in [1.82, 2.24) is 15.6 Å². The highest BCUT2D eigenvalue weighted by molar-refractivity contribution is 5.77. The summed E-state index contributed by atoms with van der Waals surface area (Å²) in [6.45, 7) is 2.08. The summed E-state index contributed by atoms with van der Waals surface area (Å²) in [4.78, 5) is 16.8. The van der Waals surface area contributed by atoms with E-state index in [1.165, 1.54) is 0 Å². The summed E-state index contributed by atoms with van der Waals surface area (Å²) in [5.41, 5.74) is 1.85. The van der Waals surface area contributed by atoms with Crippen LogP contribution in [0.3, 0.4) is 0 Å². The van der Waals surface area contributed by atoms with Crippen LogP contribution in [0.25, 0.3) is 0 Å².